The second-order valence-corrected chi connectivity index (χ2v) is 5.98. The predicted molar refractivity (Wildman–Crippen MR) is 85.6 cm³/mol. The van der Waals surface area contributed by atoms with Crippen LogP contribution in [-0.4, -0.2) is 25.0 Å². The van der Waals surface area contributed by atoms with Crippen LogP contribution in [0.4, 0.5) is 29.1 Å². The average molecular weight is 406 g/mol. The third kappa shape index (κ3) is 4.02. The van der Waals surface area contributed by atoms with Gasteiger partial charge in [-0.3, -0.25) is 4.79 Å². The van der Waals surface area contributed by atoms with Gasteiger partial charge in [0.1, 0.15) is 11.6 Å². The van der Waals surface area contributed by atoms with Crippen molar-refractivity contribution in [3.63, 3.8) is 0 Å². The number of aromatic nitrogens is 1. The SMILES string of the molecule is CN(C)c1ncc(Br)cc1C(=O)Nc1ccc(F)c(C(F)(F)F)c1. The largest absolute Gasteiger partial charge is 0.419 e. The second-order valence-electron chi connectivity index (χ2n) is 5.07. The molecule has 128 valence electrons. The first-order chi connectivity index (χ1) is 11.1. The van der Waals surface area contributed by atoms with E-state index in [0.717, 1.165) is 6.07 Å². The molecule has 0 saturated carbocycles. The van der Waals surface area contributed by atoms with Gasteiger partial charge in [-0.05, 0) is 40.2 Å². The third-order valence-electron chi connectivity index (χ3n) is 3.03. The summed E-state index contributed by atoms with van der Waals surface area (Å²) >= 11 is 3.19. The quantitative estimate of drug-likeness (QED) is 0.773. The lowest BCUT2D eigenvalue weighted by Crippen LogP contribution is -2.20. The Morgan fingerprint density at radius 3 is 2.50 bits per heavy atom. The van der Waals surface area contributed by atoms with Gasteiger partial charge in [0.2, 0.25) is 0 Å². The molecule has 24 heavy (non-hydrogen) atoms. The number of nitrogens with zero attached hydrogens (tertiary/aromatic N) is 2. The van der Waals surface area contributed by atoms with Crippen molar-refractivity contribution in [2.75, 3.05) is 24.3 Å². The molecular weight excluding hydrogens is 394 g/mol. The zero-order chi connectivity index (χ0) is 18.1. The summed E-state index contributed by atoms with van der Waals surface area (Å²) < 4.78 is 52.0. The Kier molecular flexibility index (Phi) is 5.12. The van der Waals surface area contributed by atoms with Crippen LogP contribution < -0.4 is 10.2 Å². The first-order valence-electron chi connectivity index (χ1n) is 6.60. The molecule has 9 heteroatoms. The fraction of sp³-hybridized carbons (Fsp3) is 0.200. The van der Waals surface area contributed by atoms with Crippen molar-refractivity contribution in [2.24, 2.45) is 0 Å². The zero-order valence-electron chi connectivity index (χ0n) is 12.6. The van der Waals surface area contributed by atoms with Crippen molar-refractivity contribution in [3.8, 4) is 0 Å². The molecule has 1 aromatic carbocycles. The number of nitrogens with one attached hydrogen (secondary N) is 1. The van der Waals surface area contributed by atoms with E-state index < -0.39 is 23.5 Å². The van der Waals surface area contributed by atoms with Gasteiger partial charge < -0.3 is 10.2 Å². The molecule has 0 atom stereocenters. The Hall–Kier alpha value is -2.16. The Bertz CT molecular complexity index is 778. The van der Waals surface area contributed by atoms with E-state index in [4.69, 9.17) is 0 Å². The number of benzene rings is 1. The van der Waals surface area contributed by atoms with Gasteiger partial charge in [-0.2, -0.15) is 13.2 Å². The minimum atomic E-state index is -4.85. The van der Waals surface area contributed by atoms with Crippen LogP contribution in [0.3, 0.4) is 0 Å². The molecule has 1 aromatic heterocycles. The van der Waals surface area contributed by atoms with Crippen LogP contribution in [0.1, 0.15) is 15.9 Å². The number of halogens is 5. The maximum atomic E-state index is 13.3. The lowest BCUT2D eigenvalue weighted by molar-refractivity contribution is -0.139. The maximum Gasteiger partial charge on any atom is 0.419 e. The van der Waals surface area contributed by atoms with E-state index in [2.05, 4.69) is 26.2 Å². The van der Waals surface area contributed by atoms with Crippen LogP contribution >= 0.6 is 15.9 Å². The van der Waals surface area contributed by atoms with Crippen LogP contribution in [0.15, 0.2) is 34.9 Å². The molecular formula is C15H12BrF4N3O. The summed E-state index contributed by atoms with van der Waals surface area (Å²) in [5, 5.41) is 2.33. The summed E-state index contributed by atoms with van der Waals surface area (Å²) in [6.45, 7) is 0. The Morgan fingerprint density at radius 2 is 1.92 bits per heavy atom. The number of rotatable bonds is 3. The first-order valence-corrected chi connectivity index (χ1v) is 7.40. The molecule has 1 heterocycles. The Balaban J connectivity index is 2.36. The van der Waals surface area contributed by atoms with Crippen molar-refractivity contribution in [1.82, 2.24) is 4.98 Å². The van der Waals surface area contributed by atoms with Crippen molar-refractivity contribution in [3.05, 3.63) is 51.9 Å². The highest BCUT2D eigenvalue weighted by atomic mass is 79.9. The van der Waals surface area contributed by atoms with Crippen molar-refractivity contribution in [2.45, 2.75) is 6.18 Å². The van der Waals surface area contributed by atoms with Crippen LogP contribution in [0.5, 0.6) is 0 Å². The van der Waals surface area contributed by atoms with Gasteiger partial charge in [0.15, 0.2) is 0 Å². The van der Waals surface area contributed by atoms with Crippen LogP contribution in [0, 0.1) is 5.82 Å². The molecule has 0 bridgehead atoms. The molecule has 0 aliphatic rings. The number of hydrogen-bond acceptors (Lipinski definition) is 3. The normalized spacial score (nSPS) is 11.3. The van der Waals surface area contributed by atoms with Gasteiger partial charge in [0, 0.05) is 30.5 Å². The van der Waals surface area contributed by atoms with Gasteiger partial charge >= 0.3 is 6.18 Å². The topological polar surface area (TPSA) is 45.2 Å². The van der Waals surface area contributed by atoms with E-state index in [9.17, 15) is 22.4 Å². The van der Waals surface area contributed by atoms with Gasteiger partial charge in [0.05, 0.1) is 11.1 Å². The molecule has 2 rings (SSSR count). The smallest absolute Gasteiger partial charge is 0.362 e. The van der Waals surface area contributed by atoms with Gasteiger partial charge in [-0.25, -0.2) is 9.37 Å². The number of alkyl halides is 3. The molecule has 1 N–H and O–H groups in total. The van der Waals surface area contributed by atoms with Crippen molar-refractivity contribution >= 4 is 33.3 Å². The van der Waals surface area contributed by atoms with E-state index >= 15 is 0 Å². The highest BCUT2D eigenvalue weighted by Gasteiger charge is 2.34. The summed E-state index contributed by atoms with van der Waals surface area (Å²) in [5.74, 6) is -1.72. The van der Waals surface area contributed by atoms with Crippen LogP contribution in [0.2, 0.25) is 0 Å². The van der Waals surface area contributed by atoms with E-state index in [1.165, 1.54) is 12.3 Å². The van der Waals surface area contributed by atoms with Gasteiger partial charge in [-0.15, -0.1) is 0 Å². The standard InChI is InChI=1S/C15H12BrF4N3O/c1-23(2)13-10(5-8(16)7-21-13)14(24)22-9-3-4-12(17)11(6-9)15(18,19)20/h3-7H,1-2H3,(H,22,24). The van der Waals surface area contributed by atoms with Crippen LogP contribution in [-0.2, 0) is 6.18 Å². The molecule has 0 fully saturated rings. The summed E-state index contributed by atoms with van der Waals surface area (Å²) in [5.41, 5.74) is -1.45. The third-order valence-corrected chi connectivity index (χ3v) is 3.46. The minimum absolute atomic E-state index is 0.159. The van der Waals surface area contributed by atoms with Gasteiger partial charge in [-0.1, -0.05) is 0 Å². The van der Waals surface area contributed by atoms with E-state index in [1.807, 2.05) is 0 Å². The minimum Gasteiger partial charge on any atom is -0.362 e. The number of carbonyl (C=O) groups excluding carboxylic acids is 1. The molecule has 0 spiro atoms. The molecule has 1 amide bonds. The summed E-state index contributed by atoms with van der Waals surface area (Å²) in [4.78, 5) is 18.0. The van der Waals surface area contributed by atoms with E-state index in [-0.39, 0.29) is 11.3 Å². The number of hydrogen-bond donors (Lipinski definition) is 1. The molecule has 0 saturated heterocycles. The average Bonchev–Trinajstić information content (AvgIpc) is 2.47. The second kappa shape index (κ2) is 6.76. The van der Waals surface area contributed by atoms with Gasteiger partial charge in [0.25, 0.3) is 5.91 Å². The molecule has 0 aliphatic carbocycles. The molecule has 0 unspecified atom stereocenters. The highest BCUT2D eigenvalue weighted by molar-refractivity contribution is 9.10. The fourth-order valence-corrected chi connectivity index (χ4v) is 2.31. The highest BCUT2D eigenvalue weighted by Crippen LogP contribution is 2.33. The van der Waals surface area contributed by atoms with Crippen molar-refractivity contribution < 1.29 is 22.4 Å². The first kappa shape index (κ1) is 18.2. The number of pyridine rings is 1. The lowest BCUT2D eigenvalue weighted by Gasteiger charge is -2.16. The lowest BCUT2D eigenvalue weighted by atomic mass is 10.1. The monoisotopic (exact) mass is 405 g/mol. The van der Waals surface area contributed by atoms with Crippen molar-refractivity contribution in [1.29, 1.82) is 0 Å². The molecule has 4 nitrogen and oxygen atoms in total. The van der Waals surface area contributed by atoms with E-state index in [0.29, 0.717) is 22.4 Å². The summed E-state index contributed by atoms with van der Waals surface area (Å²) in [7, 11) is 3.35. The van der Waals surface area contributed by atoms with E-state index in [1.54, 1.807) is 19.0 Å². The maximum absolute atomic E-state index is 13.3. The summed E-state index contributed by atoms with van der Waals surface area (Å²) in [6, 6.07) is 3.76. The molecule has 0 radical (unpaired) electrons. The Morgan fingerprint density at radius 1 is 1.25 bits per heavy atom. The number of amides is 1. The predicted octanol–water partition coefficient (Wildman–Crippen LogP) is 4.32. The molecule has 2 aromatic rings. The number of anilines is 2. The zero-order valence-corrected chi connectivity index (χ0v) is 14.2. The fourth-order valence-electron chi connectivity index (χ4n) is 1.97. The van der Waals surface area contributed by atoms with Crippen LogP contribution in [0.25, 0.3) is 0 Å². The summed E-state index contributed by atoms with van der Waals surface area (Å²) in [6.07, 6.45) is -3.36. The Labute approximate surface area is 143 Å². The number of carbonyl (C=O) groups is 1. The molecule has 0 aliphatic heterocycles.